The third-order valence-electron chi connectivity index (χ3n) is 7.76. The summed E-state index contributed by atoms with van der Waals surface area (Å²) in [6.07, 6.45) is 7.26. The number of fused-ring (bicyclic) bond motifs is 1. The van der Waals surface area contributed by atoms with Crippen LogP contribution in [0.15, 0.2) is 42.6 Å². The van der Waals surface area contributed by atoms with Crippen LogP contribution >= 0.6 is 11.6 Å². The summed E-state index contributed by atoms with van der Waals surface area (Å²) in [5, 5.41) is 5.95. The monoisotopic (exact) mass is 617 g/mol. The molecular formula is C29H33ClFN5O5S. The second-order valence-corrected chi connectivity index (χ2v) is 13.0. The lowest BCUT2D eigenvalue weighted by Crippen LogP contribution is -2.38. The van der Waals surface area contributed by atoms with Crippen molar-refractivity contribution >= 4 is 39.2 Å². The van der Waals surface area contributed by atoms with Crippen molar-refractivity contribution in [3.8, 4) is 11.6 Å². The van der Waals surface area contributed by atoms with Gasteiger partial charge in [0.25, 0.3) is 5.91 Å². The highest BCUT2D eigenvalue weighted by atomic mass is 35.5. The van der Waals surface area contributed by atoms with Crippen LogP contribution in [0.5, 0.6) is 11.6 Å². The second kappa shape index (κ2) is 12.4. The number of likely N-dealkylation sites (N-methyl/N-ethyl adjacent to an activating group) is 1. The Morgan fingerprint density at radius 2 is 1.90 bits per heavy atom. The number of benzene rings is 2. The van der Waals surface area contributed by atoms with Crippen molar-refractivity contribution in [3.05, 3.63) is 70.1 Å². The summed E-state index contributed by atoms with van der Waals surface area (Å²) < 4.78 is 53.0. The molecule has 2 N–H and O–H groups in total. The molecule has 5 rings (SSSR count). The first kappa shape index (κ1) is 30.0. The number of rotatable bonds is 9. The number of methoxy groups -OCH3 is 1. The van der Waals surface area contributed by atoms with Crippen molar-refractivity contribution in [1.29, 1.82) is 0 Å². The lowest BCUT2D eigenvalue weighted by atomic mass is 9.95. The number of hydrogen-bond acceptors (Lipinski definition) is 8. The van der Waals surface area contributed by atoms with Crippen LogP contribution in [0.1, 0.15) is 59.6 Å². The van der Waals surface area contributed by atoms with E-state index in [9.17, 15) is 13.2 Å². The highest BCUT2D eigenvalue weighted by Gasteiger charge is 2.40. The molecule has 1 aromatic heterocycles. The van der Waals surface area contributed by atoms with Gasteiger partial charge in [-0.05, 0) is 30.0 Å². The van der Waals surface area contributed by atoms with E-state index in [0.29, 0.717) is 6.42 Å². The van der Waals surface area contributed by atoms with Crippen molar-refractivity contribution in [2.75, 3.05) is 25.7 Å². The zero-order chi connectivity index (χ0) is 30.0. The number of carbonyl (C=O) groups is 1. The van der Waals surface area contributed by atoms with Crippen molar-refractivity contribution in [2.24, 2.45) is 0 Å². The molecule has 0 unspecified atom stereocenters. The number of halogens is 2. The molecule has 0 spiro atoms. The average Bonchev–Trinajstić information content (AvgIpc) is 3.32. The molecule has 0 saturated heterocycles. The van der Waals surface area contributed by atoms with Crippen LogP contribution < -0.4 is 20.1 Å². The van der Waals surface area contributed by atoms with Gasteiger partial charge in [-0.15, -0.1) is 0 Å². The fourth-order valence-corrected chi connectivity index (χ4v) is 6.34. The van der Waals surface area contributed by atoms with E-state index in [-0.39, 0.29) is 39.9 Å². The zero-order valence-electron chi connectivity index (χ0n) is 23.6. The molecule has 42 heavy (non-hydrogen) atoms. The molecule has 0 radical (unpaired) electrons. The highest BCUT2D eigenvalue weighted by Crippen LogP contribution is 2.40. The van der Waals surface area contributed by atoms with Gasteiger partial charge < -0.3 is 20.1 Å². The Bertz CT molecular complexity index is 1580. The van der Waals surface area contributed by atoms with Gasteiger partial charge >= 0.3 is 0 Å². The van der Waals surface area contributed by atoms with E-state index in [1.54, 1.807) is 0 Å². The van der Waals surface area contributed by atoms with E-state index < -0.39 is 33.9 Å². The molecule has 0 bridgehead atoms. The number of ether oxygens (including phenoxy) is 2. The van der Waals surface area contributed by atoms with Gasteiger partial charge in [0.1, 0.15) is 22.7 Å². The number of nitrogens with one attached hydrogen (secondary N) is 2. The Labute approximate surface area is 249 Å². The molecule has 3 aromatic rings. The SMILES string of the molecule is COc1cc(C(=O)NC2CCCCC2)c(F)cc1Nc1ncc(Cl)c(O[C@@H]2Cc3ccccc3[C@H]2N(C)S(C)(=O)=O)n1. The molecule has 1 saturated carbocycles. The summed E-state index contributed by atoms with van der Waals surface area (Å²) in [5.41, 5.74) is 1.87. The average molecular weight is 618 g/mol. The Hall–Kier alpha value is -3.48. The molecular weight excluding hydrogens is 585 g/mol. The molecule has 2 atom stereocenters. The van der Waals surface area contributed by atoms with Crippen molar-refractivity contribution in [1.82, 2.24) is 19.6 Å². The number of sulfonamides is 1. The summed E-state index contributed by atoms with van der Waals surface area (Å²) in [6.45, 7) is 0. The highest BCUT2D eigenvalue weighted by molar-refractivity contribution is 7.88. The van der Waals surface area contributed by atoms with Gasteiger partial charge in [0.2, 0.25) is 21.9 Å². The Balaban J connectivity index is 1.37. The maximum Gasteiger partial charge on any atom is 0.254 e. The predicted molar refractivity (Wildman–Crippen MR) is 158 cm³/mol. The first-order chi connectivity index (χ1) is 20.0. The quantitative estimate of drug-likeness (QED) is 0.343. The maximum atomic E-state index is 15.1. The Morgan fingerprint density at radius 1 is 1.17 bits per heavy atom. The van der Waals surface area contributed by atoms with Crippen LogP contribution in [0.4, 0.5) is 16.0 Å². The molecule has 13 heteroatoms. The molecule has 224 valence electrons. The molecule has 0 aliphatic heterocycles. The number of nitrogens with zero attached hydrogens (tertiary/aromatic N) is 3. The Kier molecular flexibility index (Phi) is 8.86. The summed E-state index contributed by atoms with van der Waals surface area (Å²) in [6, 6.07) is 9.45. The lowest BCUT2D eigenvalue weighted by Gasteiger charge is -2.28. The molecule has 2 aliphatic carbocycles. The third-order valence-corrected chi connectivity index (χ3v) is 9.29. The molecule has 2 aromatic carbocycles. The molecule has 1 fully saturated rings. The normalized spacial score (nSPS) is 18.9. The minimum atomic E-state index is -3.55. The standard InChI is InChI=1S/C29H33ClFN5O5S/c1-36(42(3,38)39)26-19-12-8-7-9-17(19)13-25(26)41-28-21(30)16-32-29(35-28)34-23-15-22(31)20(14-24(23)40-2)27(37)33-18-10-5-4-6-11-18/h7-9,12,14-16,18,25-26H,4-6,10-11,13H2,1-3H3,(H,33,37)(H,32,34,35)/t25-,26-/m1/s1. The molecule has 10 nitrogen and oxygen atoms in total. The summed E-state index contributed by atoms with van der Waals surface area (Å²) in [7, 11) is -0.628. The van der Waals surface area contributed by atoms with E-state index in [4.69, 9.17) is 21.1 Å². The number of amides is 1. The summed E-state index contributed by atoms with van der Waals surface area (Å²) in [4.78, 5) is 21.4. The van der Waals surface area contributed by atoms with E-state index in [1.807, 2.05) is 24.3 Å². The van der Waals surface area contributed by atoms with Crippen molar-refractivity contribution in [2.45, 2.75) is 56.7 Å². The minimum Gasteiger partial charge on any atom is -0.495 e. The smallest absolute Gasteiger partial charge is 0.254 e. The van der Waals surface area contributed by atoms with Gasteiger partial charge in [-0.1, -0.05) is 55.1 Å². The first-order valence-corrected chi connectivity index (χ1v) is 15.9. The summed E-state index contributed by atoms with van der Waals surface area (Å²) in [5.74, 6) is -0.939. The van der Waals surface area contributed by atoms with Crippen LogP contribution in [0, 0.1) is 5.82 Å². The molecule has 1 heterocycles. The van der Waals surface area contributed by atoms with Crippen LogP contribution in [0.2, 0.25) is 5.02 Å². The largest absolute Gasteiger partial charge is 0.495 e. The molecule has 1 amide bonds. The number of carbonyl (C=O) groups excluding carboxylic acids is 1. The van der Waals surface area contributed by atoms with E-state index >= 15 is 4.39 Å². The van der Waals surface area contributed by atoms with E-state index in [0.717, 1.165) is 55.6 Å². The number of aromatic nitrogens is 2. The lowest BCUT2D eigenvalue weighted by molar-refractivity contribution is 0.0923. The van der Waals surface area contributed by atoms with Crippen LogP contribution in [0.3, 0.4) is 0 Å². The van der Waals surface area contributed by atoms with Crippen molar-refractivity contribution < 1.29 is 27.1 Å². The Morgan fingerprint density at radius 3 is 2.62 bits per heavy atom. The summed E-state index contributed by atoms with van der Waals surface area (Å²) >= 11 is 6.39. The third kappa shape index (κ3) is 6.45. The van der Waals surface area contributed by atoms with Crippen LogP contribution in [-0.2, 0) is 16.4 Å². The van der Waals surface area contributed by atoms with Gasteiger partial charge in [-0.25, -0.2) is 17.8 Å². The van der Waals surface area contributed by atoms with Gasteiger partial charge in [-0.3, -0.25) is 4.79 Å². The minimum absolute atomic E-state index is 0.0276. The zero-order valence-corrected chi connectivity index (χ0v) is 25.1. The molecule has 2 aliphatic rings. The fourth-order valence-electron chi connectivity index (χ4n) is 5.54. The number of anilines is 2. The van der Waals surface area contributed by atoms with Crippen molar-refractivity contribution in [3.63, 3.8) is 0 Å². The fraction of sp³-hybridized carbons (Fsp3) is 0.414. The topological polar surface area (TPSA) is 123 Å². The van der Waals surface area contributed by atoms with Gasteiger partial charge in [0.05, 0.1) is 36.9 Å². The van der Waals surface area contributed by atoms with E-state index in [2.05, 4.69) is 20.6 Å². The van der Waals surface area contributed by atoms with Crippen LogP contribution in [-0.4, -0.2) is 61.2 Å². The number of hydrogen-bond donors (Lipinski definition) is 2. The maximum absolute atomic E-state index is 15.1. The van der Waals surface area contributed by atoms with E-state index in [1.165, 1.54) is 30.7 Å². The van der Waals surface area contributed by atoms with Gasteiger partial charge in [0, 0.05) is 25.6 Å². The van der Waals surface area contributed by atoms with Gasteiger partial charge in [-0.2, -0.15) is 9.29 Å². The first-order valence-electron chi connectivity index (χ1n) is 13.7. The predicted octanol–water partition coefficient (Wildman–Crippen LogP) is 5.02. The van der Waals surface area contributed by atoms with Gasteiger partial charge in [0.15, 0.2) is 0 Å². The second-order valence-electron chi connectivity index (χ2n) is 10.6. The van der Waals surface area contributed by atoms with Crippen LogP contribution in [0.25, 0.3) is 0 Å².